The first-order chi connectivity index (χ1) is 14.4. The van der Waals surface area contributed by atoms with E-state index in [0.717, 1.165) is 45.9 Å². The minimum atomic E-state index is -0.253. The van der Waals surface area contributed by atoms with E-state index >= 15 is 0 Å². The van der Waals surface area contributed by atoms with Gasteiger partial charge in [-0.3, -0.25) is 9.59 Å². The van der Waals surface area contributed by atoms with E-state index in [1.54, 1.807) is 12.4 Å². The molecule has 0 aliphatic rings. The SMILES string of the molecule is CCc1ccc(/C=N/N(SSN(/N=C/c2ccc(CC)cc2)C(C)=O)C(C)=O)cc1. The highest BCUT2D eigenvalue weighted by molar-refractivity contribution is 8.75. The Labute approximate surface area is 186 Å². The Morgan fingerprint density at radius 3 is 1.33 bits per heavy atom. The van der Waals surface area contributed by atoms with E-state index in [1.807, 2.05) is 48.5 Å². The van der Waals surface area contributed by atoms with Crippen LogP contribution >= 0.6 is 22.0 Å². The van der Waals surface area contributed by atoms with E-state index in [0.29, 0.717) is 0 Å². The highest BCUT2D eigenvalue weighted by Crippen LogP contribution is 2.30. The number of hydrogen-bond acceptors (Lipinski definition) is 6. The molecule has 0 heterocycles. The lowest BCUT2D eigenvalue weighted by Gasteiger charge is -2.16. The van der Waals surface area contributed by atoms with Crippen molar-refractivity contribution in [3.05, 3.63) is 70.8 Å². The minimum Gasteiger partial charge on any atom is -0.272 e. The standard InChI is InChI=1S/C22H26N4O2S2/c1-5-19-7-11-21(12-8-19)15-23-25(17(3)27)29-30-26(18(4)28)24-16-22-13-9-20(6-2)10-14-22/h7-16H,5-6H2,1-4H3/b23-15+,24-16+. The first-order valence-corrected chi connectivity index (χ1v) is 11.7. The molecule has 2 aromatic rings. The molecular formula is C22H26N4O2S2. The summed E-state index contributed by atoms with van der Waals surface area (Å²) in [4.78, 5) is 23.8. The van der Waals surface area contributed by atoms with Gasteiger partial charge in [0.2, 0.25) is 0 Å². The molecule has 2 rings (SSSR count). The Hall–Kier alpha value is -2.58. The second kappa shape index (κ2) is 12.2. The fourth-order valence-corrected chi connectivity index (χ4v) is 4.03. The van der Waals surface area contributed by atoms with Gasteiger partial charge in [0.05, 0.1) is 34.4 Å². The van der Waals surface area contributed by atoms with Crippen LogP contribution < -0.4 is 0 Å². The summed E-state index contributed by atoms with van der Waals surface area (Å²) in [6.45, 7) is 7.03. The quantitative estimate of drug-likeness (QED) is 0.235. The number of rotatable bonds is 9. The average Bonchev–Trinajstić information content (AvgIpc) is 2.75. The highest BCUT2D eigenvalue weighted by atomic mass is 33.1. The summed E-state index contributed by atoms with van der Waals surface area (Å²) in [6.07, 6.45) is 5.16. The summed E-state index contributed by atoms with van der Waals surface area (Å²) >= 11 is 0. The van der Waals surface area contributed by atoms with E-state index in [-0.39, 0.29) is 11.8 Å². The third-order valence-corrected chi connectivity index (χ3v) is 6.21. The predicted molar refractivity (Wildman–Crippen MR) is 127 cm³/mol. The van der Waals surface area contributed by atoms with Crippen LogP contribution in [0.5, 0.6) is 0 Å². The molecule has 0 saturated carbocycles. The first kappa shape index (κ1) is 23.7. The van der Waals surface area contributed by atoms with E-state index in [9.17, 15) is 9.59 Å². The van der Waals surface area contributed by atoms with Gasteiger partial charge in [-0.25, -0.2) is 0 Å². The number of benzene rings is 2. The topological polar surface area (TPSA) is 65.3 Å². The second-order valence-electron chi connectivity index (χ2n) is 6.41. The largest absolute Gasteiger partial charge is 0.272 e. The zero-order valence-corrected chi connectivity index (χ0v) is 19.2. The number of hydrogen-bond donors (Lipinski definition) is 0. The van der Waals surface area contributed by atoms with Gasteiger partial charge >= 0.3 is 0 Å². The van der Waals surface area contributed by atoms with Crippen molar-refractivity contribution in [1.29, 1.82) is 0 Å². The van der Waals surface area contributed by atoms with Crippen molar-refractivity contribution in [2.24, 2.45) is 10.2 Å². The molecule has 0 aliphatic carbocycles. The summed E-state index contributed by atoms with van der Waals surface area (Å²) in [5.74, 6) is -0.506. The Kier molecular flexibility index (Phi) is 9.63. The number of aryl methyl sites for hydroxylation is 2. The Bertz CT molecular complexity index is 821. The molecule has 2 aromatic carbocycles. The number of nitrogens with zero attached hydrogens (tertiary/aromatic N) is 4. The van der Waals surface area contributed by atoms with Crippen molar-refractivity contribution in [1.82, 2.24) is 8.83 Å². The molecule has 0 aliphatic heterocycles. The van der Waals surface area contributed by atoms with Crippen molar-refractivity contribution in [2.75, 3.05) is 0 Å². The van der Waals surface area contributed by atoms with Crippen LogP contribution in [0, 0.1) is 0 Å². The van der Waals surface area contributed by atoms with Crippen molar-refractivity contribution < 1.29 is 9.59 Å². The summed E-state index contributed by atoms with van der Waals surface area (Å²) in [5.41, 5.74) is 4.25. The van der Waals surface area contributed by atoms with Crippen LogP contribution in [-0.2, 0) is 22.4 Å². The third kappa shape index (κ3) is 7.68. The van der Waals surface area contributed by atoms with Gasteiger partial charge in [-0.1, -0.05) is 62.4 Å². The van der Waals surface area contributed by atoms with E-state index in [2.05, 4.69) is 24.1 Å². The zero-order chi connectivity index (χ0) is 21.9. The number of carbonyl (C=O) groups excluding carboxylic acids is 2. The molecular weight excluding hydrogens is 416 g/mol. The van der Waals surface area contributed by atoms with Crippen LogP contribution in [0.1, 0.15) is 49.9 Å². The van der Waals surface area contributed by atoms with Gasteiger partial charge in [-0.15, -0.1) is 0 Å². The van der Waals surface area contributed by atoms with Gasteiger partial charge in [-0.2, -0.15) is 19.0 Å². The van der Waals surface area contributed by atoms with Gasteiger partial charge in [0.15, 0.2) is 0 Å². The molecule has 0 spiro atoms. The summed E-state index contributed by atoms with van der Waals surface area (Å²) in [6, 6.07) is 15.9. The average molecular weight is 443 g/mol. The lowest BCUT2D eigenvalue weighted by molar-refractivity contribution is -0.124. The lowest BCUT2D eigenvalue weighted by Crippen LogP contribution is -2.18. The van der Waals surface area contributed by atoms with Gasteiger partial charge in [0.1, 0.15) is 0 Å². The van der Waals surface area contributed by atoms with E-state index < -0.39 is 0 Å². The maximum absolute atomic E-state index is 11.9. The zero-order valence-electron chi connectivity index (χ0n) is 17.6. The van der Waals surface area contributed by atoms with Crippen LogP contribution in [0.25, 0.3) is 0 Å². The molecule has 0 fully saturated rings. The van der Waals surface area contributed by atoms with Crippen LogP contribution in [0.4, 0.5) is 0 Å². The van der Waals surface area contributed by atoms with Crippen LogP contribution in [0.2, 0.25) is 0 Å². The Balaban J connectivity index is 2.01. The number of amides is 2. The Morgan fingerprint density at radius 2 is 1.07 bits per heavy atom. The molecule has 0 unspecified atom stereocenters. The van der Waals surface area contributed by atoms with Gasteiger partial charge < -0.3 is 0 Å². The van der Waals surface area contributed by atoms with Crippen molar-refractivity contribution in [2.45, 2.75) is 40.5 Å². The van der Waals surface area contributed by atoms with Crippen LogP contribution in [0.3, 0.4) is 0 Å². The summed E-state index contributed by atoms with van der Waals surface area (Å²) in [5, 5.41) is 8.46. The fraction of sp³-hybridized carbons (Fsp3) is 0.273. The van der Waals surface area contributed by atoms with Gasteiger partial charge in [-0.05, 0) is 35.1 Å². The second-order valence-corrected chi connectivity index (χ2v) is 8.30. The number of carbonyl (C=O) groups is 2. The van der Waals surface area contributed by atoms with E-state index in [1.165, 1.54) is 33.8 Å². The van der Waals surface area contributed by atoms with Gasteiger partial charge in [0, 0.05) is 13.8 Å². The molecule has 0 radical (unpaired) electrons. The molecule has 0 saturated heterocycles. The molecule has 8 heteroatoms. The number of hydrazone groups is 2. The van der Waals surface area contributed by atoms with Crippen molar-refractivity contribution in [3.8, 4) is 0 Å². The molecule has 0 aromatic heterocycles. The molecule has 30 heavy (non-hydrogen) atoms. The maximum Gasteiger partial charge on any atom is 0.250 e. The fourth-order valence-electron chi connectivity index (χ4n) is 2.29. The highest BCUT2D eigenvalue weighted by Gasteiger charge is 2.15. The predicted octanol–water partition coefficient (Wildman–Crippen LogP) is 5.09. The van der Waals surface area contributed by atoms with Crippen LogP contribution in [-0.4, -0.2) is 33.1 Å². The van der Waals surface area contributed by atoms with Crippen molar-refractivity contribution in [3.63, 3.8) is 0 Å². The molecule has 2 amide bonds. The monoisotopic (exact) mass is 442 g/mol. The molecule has 6 nitrogen and oxygen atoms in total. The minimum absolute atomic E-state index is 0.253. The van der Waals surface area contributed by atoms with Gasteiger partial charge in [0.25, 0.3) is 11.8 Å². The summed E-state index contributed by atoms with van der Waals surface area (Å²) < 4.78 is 2.44. The first-order valence-electron chi connectivity index (χ1n) is 9.65. The Morgan fingerprint density at radius 1 is 0.733 bits per heavy atom. The van der Waals surface area contributed by atoms with Crippen molar-refractivity contribution >= 4 is 46.2 Å². The molecule has 0 bridgehead atoms. The van der Waals surface area contributed by atoms with Crippen LogP contribution in [0.15, 0.2) is 58.7 Å². The van der Waals surface area contributed by atoms with E-state index in [4.69, 9.17) is 0 Å². The maximum atomic E-state index is 11.9. The smallest absolute Gasteiger partial charge is 0.250 e. The summed E-state index contributed by atoms with van der Waals surface area (Å²) in [7, 11) is 2.06. The normalized spacial score (nSPS) is 11.2. The third-order valence-electron chi connectivity index (χ3n) is 4.11. The molecule has 158 valence electrons. The molecule has 0 N–H and O–H groups in total. The lowest BCUT2D eigenvalue weighted by atomic mass is 10.1. The molecule has 0 atom stereocenters.